The molecule has 0 aliphatic carbocycles. The first-order valence-electron chi connectivity index (χ1n) is 3.75. The van der Waals surface area contributed by atoms with Gasteiger partial charge in [0.2, 0.25) is 5.91 Å². The number of aliphatic hydroxyl groups excluding tert-OH is 2. The highest BCUT2D eigenvalue weighted by molar-refractivity contribution is 5.77. The molecule has 0 aromatic heterocycles. The van der Waals surface area contributed by atoms with Crippen LogP contribution in [0.1, 0.15) is 6.92 Å². The number of rotatable bonds is 5. The van der Waals surface area contributed by atoms with Gasteiger partial charge in [-0.2, -0.15) is 0 Å². The Balaban J connectivity index is 3.80. The maximum Gasteiger partial charge on any atom is 0.233 e. The molecule has 0 rings (SSSR count). The van der Waals surface area contributed by atoms with Crippen molar-refractivity contribution in [2.75, 3.05) is 26.8 Å². The predicted molar refractivity (Wildman–Crippen MR) is 44.6 cm³/mol. The molecule has 0 atom stereocenters. The van der Waals surface area contributed by atoms with Gasteiger partial charge in [0, 0.05) is 7.05 Å². The Morgan fingerprint density at radius 3 is 2.25 bits per heavy atom. The zero-order chi connectivity index (χ0) is 9.61. The zero-order valence-electron chi connectivity index (χ0n) is 7.42. The van der Waals surface area contributed by atoms with E-state index in [1.54, 1.807) is 6.92 Å². The monoisotopic (exact) mass is 176 g/mol. The fourth-order valence-electron chi connectivity index (χ4n) is 0.544. The molecule has 4 N–H and O–H groups in total. The summed E-state index contributed by atoms with van der Waals surface area (Å²) >= 11 is 0. The maximum atomic E-state index is 10.8. The molecule has 0 aromatic carbocycles. The molecule has 0 saturated heterocycles. The van der Waals surface area contributed by atoms with Crippen LogP contribution in [0.3, 0.4) is 0 Å². The summed E-state index contributed by atoms with van der Waals surface area (Å²) in [6.45, 7) is 1.31. The van der Waals surface area contributed by atoms with E-state index in [1.165, 1.54) is 7.05 Å². The first-order chi connectivity index (χ1) is 5.58. The summed E-state index contributed by atoms with van der Waals surface area (Å²) in [5.74, 6) is -0.178. The number of hydrogen-bond acceptors (Lipinski definition) is 4. The van der Waals surface area contributed by atoms with Gasteiger partial charge in [0.15, 0.2) is 0 Å². The Kier molecular flexibility index (Phi) is 4.80. The Morgan fingerprint density at radius 1 is 1.42 bits per heavy atom. The van der Waals surface area contributed by atoms with Crippen LogP contribution in [-0.4, -0.2) is 48.5 Å². The molecule has 72 valence electrons. The van der Waals surface area contributed by atoms with Crippen molar-refractivity contribution in [3.63, 3.8) is 0 Å². The highest BCUT2D eigenvalue weighted by Crippen LogP contribution is 1.98. The van der Waals surface area contributed by atoms with Gasteiger partial charge in [-0.05, 0) is 6.92 Å². The van der Waals surface area contributed by atoms with E-state index in [2.05, 4.69) is 10.6 Å². The van der Waals surface area contributed by atoms with E-state index in [0.717, 1.165) is 0 Å². The molecular weight excluding hydrogens is 160 g/mol. The van der Waals surface area contributed by atoms with E-state index in [9.17, 15) is 4.79 Å². The standard InChI is InChI=1S/C7H16N2O3/c1-7(4-10,5-11)9-3-6(12)8-2/h9-11H,3-5H2,1-2H3,(H,8,12). The van der Waals surface area contributed by atoms with Gasteiger partial charge in [-0.1, -0.05) is 0 Å². The van der Waals surface area contributed by atoms with Crippen molar-refractivity contribution < 1.29 is 15.0 Å². The van der Waals surface area contributed by atoms with Gasteiger partial charge in [-0.25, -0.2) is 0 Å². The van der Waals surface area contributed by atoms with Gasteiger partial charge in [0.25, 0.3) is 0 Å². The number of carbonyl (C=O) groups is 1. The summed E-state index contributed by atoms with van der Waals surface area (Å²) in [6, 6.07) is 0. The molecule has 0 radical (unpaired) electrons. The molecule has 0 saturated carbocycles. The second kappa shape index (κ2) is 5.08. The molecule has 0 heterocycles. The average molecular weight is 176 g/mol. The Morgan fingerprint density at radius 2 is 1.92 bits per heavy atom. The minimum atomic E-state index is -0.785. The minimum absolute atomic E-state index is 0.0914. The molecule has 0 bridgehead atoms. The summed E-state index contributed by atoms with van der Waals surface area (Å²) in [5.41, 5.74) is -0.785. The van der Waals surface area contributed by atoms with Crippen molar-refractivity contribution in [3.8, 4) is 0 Å². The fraction of sp³-hybridized carbons (Fsp3) is 0.857. The van der Waals surface area contributed by atoms with Gasteiger partial charge < -0.3 is 15.5 Å². The molecule has 0 fully saturated rings. The summed E-state index contributed by atoms with van der Waals surface area (Å²) < 4.78 is 0. The van der Waals surface area contributed by atoms with Crippen LogP contribution in [0.4, 0.5) is 0 Å². The van der Waals surface area contributed by atoms with Crippen molar-refractivity contribution >= 4 is 5.91 Å². The molecule has 5 heteroatoms. The second-order valence-corrected chi connectivity index (χ2v) is 2.90. The van der Waals surface area contributed by atoms with Crippen LogP contribution in [-0.2, 0) is 4.79 Å². The largest absolute Gasteiger partial charge is 0.394 e. The molecule has 0 unspecified atom stereocenters. The lowest BCUT2D eigenvalue weighted by Crippen LogP contribution is -2.52. The third-order valence-electron chi connectivity index (χ3n) is 1.65. The molecule has 0 spiro atoms. The van der Waals surface area contributed by atoms with E-state index in [4.69, 9.17) is 10.2 Å². The lowest BCUT2D eigenvalue weighted by Gasteiger charge is -2.25. The molecule has 12 heavy (non-hydrogen) atoms. The average Bonchev–Trinajstić information content (AvgIpc) is 2.13. The predicted octanol–water partition coefficient (Wildman–Crippen LogP) is -1.93. The van der Waals surface area contributed by atoms with Crippen LogP contribution in [0, 0.1) is 0 Å². The SMILES string of the molecule is CNC(=O)CNC(C)(CO)CO. The molecule has 0 aromatic rings. The van der Waals surface area contributed by atoms with E-state index < -0.39 is 5.54 Å². The minimum Gasteiger partial charge on any atom is -0.394 e. The molecule has 0 aliphatic rings. The van der Waals surface area contributed by atoms with Crippen molar-refractivity contribution in [1.82, 2.24) is 10.6 Å². The van der Waals surface area contributed by atoms with Gasteiger partial charge in [0.05, 0.1) is 25.3 Å². The molecular formula is C7H16N2O3. The summed E-state index contributed by atoms with van der Waals surface area (Å²) in [4.78, 5) is 10.8. The van der Waals surface area contributed by atoms with Crippen molar-refractivity contribution in [2.45, 2.75) is 12.5 Å². The first-order valence-corrected chi connectivity index (χ1v) is 3.75. The summed E-state index contributed by atoms with van der Waals surface area (Å²) in [7, 11) is 1.53. The van der Waals surface area contributed by atoms with E-state index in [0.29, 0.717) is 0 Å². The zero-order valence-corrected chi connectivity index (χ0v) is 7.42. The quantitative estimate of drug-likeness (QED) is 0.393. The Bertz CT molecular complexity index is 146. The van der Waals surface area contributed by atoms with Gasteiger partial charge in [-0.15, -0.1) is 0 Å². The normalized spacial score (nSPS) is 11.3. The number of hydrogen-bond donors (Lipinski definition) is 4. The fourth-order valence-corrected chi connectivity index (χ4v) is 0.544. The van der Waals surface area contributed by atoms with Crippen molar-refractivity contribution in [3.05, 3.63) is 0 Å². The van der Waals surface area contributed by atoms with Crippen LogP contribution in [0.2, 0.25) is 0 Å². The lowest BCUT2D eigenvalue weighted by molar-refractivity contribution is -0.120. The van der Waals surface area contributed by atoms with Gasteiger partial charge in [-0.3, -0.25) is 10.1 Å². The third kappa shape index (κ3) is 3.66. The van der Waals surface area contributed by atoms with E-state index in [-0.39, 0.29) is 25.7 Å². The van der Waals surface area contributed by atoms with E-state index in [1.807, 2.05) is 0 Å². The Labute approximate surface area is 71.8 Å². The van der Waals surface area contributed by atoms with Gasteiger partial charge in [0.1, 0.15) is 0 Å². The lowest BCUT2D eigenvalue weighted by atomic mass is 10.1. The number of amides is 1. The number of carbonyl (C=O) groups excluding carboxylic acids is 1. The van der Waals surface area contributed by atoms with Crippen LogP contribution in [0.5, 0.6) is 0 Å². The Hall–Kier alpha value is -0.650. The first kappa shape index (κ1) is 11.4. The highest BCUT2D eigenvalue weighted by Gasteiger charge is 2.21. The topological polar surface area (TPSA) is 81.6 Å². The smallest absolute Gasteiger partial charge is 0.233 e. The summed E-state index contributed by atoms with van der Waals surface area (Å²) in [6.07, 6.45) is 0. The molecule has 5 nitrogen and oxygen atoms in total. The molecule has 1 amide bonds. The van der Waals surface area contributed by atoms with Crippen LogP contribution < -0.4 is 10.6 Å². The van der Waals surface area contributed by atoms with Gasteiger partial charge >= 0.3 is 0 Å². The third-order valence-corrected chi connectivity index (χ3v) is 1.65. The molecule has 0 aliphatic heterocycles. The maximum absolute atomic E-state index is 10.8. The van der Waals surface area contributed by atoms with Crippen LogP contribution in [0.15, 0.2) is 0 Å². The second-order valence-electron chi connectivity index (χ2n) is 2.90. The van der Waals surface area contributed by atoms with Crippen LogP contribution in [0.25, 0.3) is 0 Å². The number of likely N-dealkylation sites (N-methyl/N-ethyl adjacent to an activating group) is 1. The van der Waals surface area contributed by atoms with Crippen LogP contribution >= 0.6 is 0 Å². The van der Waals surface area contributed by atoms with Crippen molar-refractivity contribution in [1.29, 1.82) is 0 Å². The van der Waals surface area contributed by atoms with Crippen molar-refractivity contribution in [2.24, 2.45) is 0 Å². The number of aliphatic hydroxyl groups is 2. The highest BCUT2D eigenvalue weighted by atomic mass is 16.3. The van der Waals surface area contributed by atoms with E-state index >= 15 is 0 Å². The summed E-state index contributed by atoms with van der Waals surface area (Å²) in [5, 5.41) is 22.8. The number of nitrogens with one attached hydrogen (secondary N) is 2.